The number of rotatable bonds is 6. The number of hydrogen-bond acceptors (Lipinski definition) is 2. The quantitative estimate of drug-likeness (QED) is 0.758. The average molecular weight is 210 g/mol. The summed E-state index contributed by atoms with van der Waals surface area (Å²) in [6.45, 7) is 4.27. The van der Waals surface area contributed by atoms with Gasteiger partial charge in [0.05, 0.1) is 0 Å². The zero-order chi connectivity index (χ0) is 11.3. The molecule has 0 amide bonds. The second kappa shape index (κ2) is 5.53. The van der Waals surface area contributed by atoms with Gasteiger partial charge in [-0.15, -0.1) is 0 Å². The van der Waals surface area contributed by atoms with E-state index in [1.54, 1.807) is 6.07 Å². The van der Waals surface area contributed by atoms with Gasteiger partial charge >= 0.3 is 5.97 Å². The molecule has 0 aliphatic heterocycles. The highest BCUT2D eigenvalue weighted by Crippen LogP contribution is 2.24. The summed E-state index contributed by atoms with van der Waals surface area (Å²) in [4.78, 5) is 10.7. The van der Waals surface area contributed by atoms with Crippen LogP contribution in [-0.2, 0) is 0 Å². The maximum absolute atomic E-state index is 10.7. The molecular formula is C11H18N2O2. The third-order valence-electron chi connectivity index (χ3n) is 2.53. The van der Waals surface area contributed by atoms with E-state index in [0.717, 1.165) is 31.4 Å². The van der Waals surface area contributed by atoms with Crippen molar-refractivity contribution in [3.05, 3.63) is 17.5 Å². The monoisotopic (exact) mass is 210 g/mol. The second-order valence-corrected chi connectivity index (χ2v) is 3.79. The van der Waals surface area contributed by atoms with E-state index in [9.17, 15) is 4.79 Å². The van der Waals surface area contributed by atoms with Crippen molar-refractivity contribution in [3.8, 4) is 0 Å². The molecule has 1 heterocycles. The first kappa shape index (κ1) is 11.8. The lowest BCUT2D eigenvalue weighted by molar-refractivity contribution is 0.0690. The number of carboxylic acids is 1. The zero-order valence-corrected chi connectivity index (χ0v) is 9.29. The molecule has 4 nitrogen and oxygen atoms in total. The van der Waals surface area contributed by atoms with Crippen LogP contribution in [0.5, 0.6) is 0 Å². The van der Waals surface area contributed by atoms with E-state index in [2.05, 4.69) is 24.0 Å². The van der Waals surface area contributed by atoms with Gasteiger partial charge in [-0.25, -0.2) is 4.79 Å². The number of carbonyl (C=O) groups is 1. The van der Waals surface area contributed by atoms with Gasteiger partial charge in [0, 0.05) is 11.6 Å². The fraction of sp³-hybridized carbons (Fsp3) is 0.636. The van der Waals surface area contributed by atoms with Crippen LogP contribution in [0, 0.1) is 0 Å². The zero-order valence-electron chi connectivity index (χ0n) is 9.29. The molecule has 15 heavy (non-hydrogen) atoms. The molecule has 0 aliphatic carbocycles. The fourth-order valence-electron chi connectivity index (χ4n) is 1.81. The van der Waals surface area contributed by atoms with E-state index in [1.165, 1.54) is 0 Å². The molecule has 0 saturated heterocycles. The fourth-order valence-corrected chi connectivity index (χ4v) is 1.81. The lowest BCUT2D eigenvalue weighted by Crippen LogP contribution is -1.98. The number of hydrogen-bond donors (Lipinski definition) is 2. The van der Waals surface area contributed by atoms with E-state index < -0.39 is 5.97 Å². The van der Waals surface area contributed by atoms with Crippen LogP contribution in [0.1, 0.15) is 61.6 Å². The third kappa shape index (κ3) is 3.08. The largest absolute Gasteiger partial charge is 0.476 e. The Morgan fingerprint density at radius 2 is 2.07 bits per heavy atom. The van der Waals surface area contributed by atoms with E-state index >= 15 is 0 Å². The Labute approximate surface area is 89.7 Å². The molecule has 0 saturated carbocycles. The maximum Gasteiger partial charge on any atom is 0.356 e. The lowest BCUT2D eigenvalue weighted by Gasteiger charge is -2.12. The minimum absolute atomic E-state index is 0.113. The van der Waals surface area contributed by atoms with Crippen molar-refractivity contribution in [1.29, 1.82) is 0 Å². The van der Waals surface area contributed by atoms with Gasteiger partial charge in [0.25, 0.3) is 0 Å². The topological polar surface area (TPSA) is 66.0 Å². The third-order valence-corrected chi connectivity index (χ3v) is 2.53. The number of carboxylic acid groups (broad SMARTS) is 1. The van der Waals surface area contributed by atoms with Crippen LogP contribution < -0.4 is 0 Å². The van der Waals surface area contributed by atoms with E-state index in [-0.39, 0.29) is 5.69 Å². The van der Waals surface area contributed by atoms with Crippen molar-refractivity contribution in [2.24, 2.45) is 0 Å². The van der Waals surface area contributed by atoms with E-state index in [0.29, 0.717) is 5.92 Å². The Morgan fingerprint density at radius 1 is 1.47 bits per heavy atom. The molecule has 0 atom stereocenters. The summed E-state index contributed by atoms with van der Waals surface area (Å²) in [5, 5.41) is 15.4. The van der Waals surface area contributed by atoms with Crippen LogP contribution in [0.15, 0.2) is 6.07 Å². The first-order valence-electron chi connectivity index (χ1n) is 5.47. The lowest BCUT2D eigenvalue weighted by atomic mass is 9.95. The summed E-state index contributed by atoms with van der Waals surface area (Å²) in [6, 6.07) is 1.65. The van der Waals surface area contributed by atoms with Gasteiger partial charge in [0.2, 0.25) is 0 Å². The highest BCUT2D eigenvalue weighted by atomic mass is 16.4. The van der Waals surface area contributed by atoms with Crippen molar-refractivity contribution in [3.63, 3.8) is 0 Å². The first-order valence-corrected chi connectivity index (χ1v) is 5.47. The predicted molar refractivity (Wildman–Crippen MR) is 58.1 cm³/mol. The first-order chi connectivity index (χ1) is 7.19. The SMILES string of the molecule is CCCC(CCC)c1cc(C(=O)O)n[nH]1. The number of aromatic carboxylic acids is 1. The van der Waals surface area contributed by atoms with Crippen LogP contribution in [-0.4, -0.2) is 21.3 Å². The molecular weight excluding hydrogens is 192 g/mol. The predicted octanol–water partition coefficient (Wildman–Crippen LogP) is 2.79. The Kier molecular flexibility index (Phi) is 4.34. The Morgan fingerprint density at radius 3 is 2.47 bits per heavy atom. The second-order valence-electron chi connectivity index (χ2n) is 3.79. The summed E-state index contributed by atoms with van der Waals surface area (Å²) in [7, 11) is 0. The number of nitrogens with one attached hydrogen (secondary N) is 1. The molecule has 1 aromatic heterocycles. The molecule has 0 unspecified atom stereocenters. The number of aromatic nitrogens is 2. The smallest absolute Gasteiger partial charge is 0.356 e. The van der Waals surface area contributed by atoms with Crippen molar-refractivity contribution in [2.75, 3.05) is 0 Å². The summed E-state index contributed by atoms with van der Waals surface area (Å²) in [5.41, 5.74) is 1.07. The number of aromatic amines is 1. The Balaban J connectivity index is 2.76. The van der Waals surface area contributed by atoms with Crippen molar-refractivity contribution >= 4 is 5.97 Å². The summed E-state index contributed by atoms with van der Waals surface area (Å²) in [6.07, 6.45) is 4.36. The van der Waals surface area contributed by atoms with Crippen LogP contribution in [0.25, 0.3) is 0 Å². The van der Waals surface area contributed by atoms with Gasteiger partial charge in [-0.3, -0.25) is 5.10 Å². The molecule has 4 heteroatoms. The van der Waals surface area contributed by atoms with Crippen LogP contribution in [0.2, 0.25) is 0 Å². The normalized spacial score (nSPS) is 10.9. The molecule has 2 N–H and O–H groups in total. The van der Waals surface area contributed by atoms with Crippen LogP contribution in [0.4, 0.5) is 0 Å². The van der Waals surface area contributed by atoms with Crippen molar-refractivity contribution in [1.82, 2.24) is 10.2 Å². The average Bonchev–Trinajstić information content (AvgIpc) is 2.66. The standard InChI is InChI=1S/C11H18N2O2/c1-3-5-8(6-4-2)9-7-10(11(14)15)13-12-9/h7-8H,3-6H2,1-2H3,(H,12,13)(H,14,15). The minimum atomic E-state index is -0.968. The number of nitrogens with zero attached hydrogens (tertiary/aromatic N) is 1. The Bertz CT molecular complexity index is 314. The molecule has 1 aromatic rings. The van der Waals surface area contributed by atoms with Crippen molar-refractivity contribution < 1.29 is 9.90 Å². The van der Waals surface area contributed by atoms with E-state index in [4.69, 9.17) is 5.11 Å². The van der Waals surface area contributed by atoms with Gasteiger partial charge in [-0.2, -0.15) is 5.10 Å². The van der Waals surface area contributed by atoms with Crippen molar-refractivity contribution in [2.45, 2.75) is 45.4 Å². The molecule has 1 rings (SSSR count). The van der Waals surface area contributed by atoms with E-state index in [1.807, 2.05) is 0 Å². The molecule has 0 spiro atoms. The van der Waals surface area contributed by atoms with Gasteiger partial charge in [-0.05, 0) is 18.9 Å². The highest BCUT2D eigenvalue weighted by Gasteiger charge is 2.15. The van der Waals surface area contributed by atoms with Crippen LogP contribution in [0.3, 0.4) is 0 Å². The summed E-state index contributed by atoms with van der Waals surface area (Å²) < 4.78 is 0. The molecule has 0 bridgehead atoms. The molecule has 0 aromatic carbocycles. The van der Waals surface area contributed by atoms with Gasteiger partial charge in [0.15, 0.2) is 5.69 Å². The maximum atomic E-state index is 10.7. The Hall–Kier alpha value is -1.32. The van der Waals surface area contributed by atoms with Gasteiger partial charge < -0.3 is 5.11 Å². The van der Waals surface area contributed by atoms with Crippen LogP contribution >= 0.6 is 0 Å². The molecule has 0 fully saturated rings. The summed E-state index contributed by atoms with van der Waals surface area (Å²) in [5.74, 6) is -0.551. The minimum Gasteiger partial charge on any atom is -0.476 e. The number of H-pyrrole nitrogens is 1. The molecule has 0 radical (unpaired) electrons. The summed E-state index contributed by atoms with van der Waals surface area (Å²) >= 11 is 0. The molecule has 84 valence electrons. The molecule has 0 aliphatic rings. The van der Waals surface area contributed by atoms with Gasteiger partial charge in [-0.1, -0.05) is 26.7 Å². The van der Waals surface area contributed by atoms with Gasteiger partial charge in [0.1, 0.15) is 0 Å². The highest BCUT2D eigenvalue weighted by molar-refractivity contribution is 5.85.